The number of rotatable bonds is 6. The van der Waals surface area contributed by atoms with Crippen LogP contribution in [0.15, 0.2) is 83.9 Å². The van der Waals surface area contributed by atoms with Crippen molar-refractivity contribution in [1.29, 1.82) is 0 Å². The van der Waals surface area contributed by atoms with E-state index >= 15 is 0 Å². The number of nitrogens with two attached hydrogens (primary N) is 1. The van der Waals surface area contributed by atoms with Crippen molar-refractivity contribution in [2.24, 2.45) is 5.14 Å². The highest BCUT2D eigenvalue weighted by Gasteiger charge is 2.20. The molecular formula is C20H17FN2O4S2. The fourth-order valence-electron chi connectivity index (χ4n) is 2.71. The van der Waals surface area contributed by atoms with Crippen molar-refractivity contribution in [3.63, 3.8) is 0 Å². The van der Waals surface area contributed by atoms with Gasteiger partial charge < -0.3 is 0 Å². The number of sulfonamides is 1. The molecule has 0 saturated carbocycles. The third-order valence-electron chi connectivity index (χ3n) is 4.08. The van der Waals surface area contributed by atoms with E-state index in [0.29, 0.717) is 9.87 Å². The van der Waals surface area contributed by atoms with Gasteiger partial charge in [0, 0.05) is 6.20 Å². The summed E-state index contributed by atoms with van der Waals surface area (Å²) in [6, 6.07) is 19.6. The largest absolute Gasteiger partial charge is 0.246 e. The summed E-state index contributed by atoms with van der Waals surface area (Å²) in [4.78, 5) is -0.498. The van der Waals surface area contributed by atoms with Gasteiger partial charge in [0.1, 0.15) is 10.7 Å². The molecule has 0 amide bonds. The number of nitrogens with zero attached hydrogens (tertiary/aromatic N) is 1. The summed E-state index contributed by atoms with van der Waals surface area (Å²) in [5, 5.41) is 5.13. The van der Waals surface area contributed by atoms with Crippen molar-refractivity contribution in [3.05, 3.63) is 90.4 Å². The average Bonchev–Trinajstić information content (AvgIpc) is 2.68. The highest BCUT2D eigenvalue weighted by molar-refractivity contribution is 7.89. The molecule has 150 valence electrons. The Bertz CT molecular complexity index is 1220. The van der Waals surface area contributed by atoms with Crippen molar-refractivity contribution < 1.29 is 21.2 Å². The highest BCUT2D eigenvalue weighted by Crippen LogP contribution is 2.27. The molecule has 0 fully saturated rings. The number of benzene rings is 3. The number of anilines is 1. The third kappa shape index (κ3) is 5.08. The van der Waals surface area contributed by atoms with Crippen molar-refractivity contribution >= 4 is 32.7 Å². The van der Waals surface area contributed by atoms with E-state index in [-0.39, 0.29) is 5.69 Å². The molecule has 3 aromatic rings. The van der Waals surface area contributed by atoms with Crippen molar-refractivity contribution in [2.75, 3.05) is 4.31 Å². The van der Waals surface area contributed by atoms with Gasteiger partial charge in [-0.1, -0.05) is 54.6 Å². The molecule has 0 unspecified atom stereocenters. The van der Waals surface area contributed by atoms with Crippen LogP contribution in [-0.2, 0) is 20.9 Å². The Hall–Kier alpha value is -3.01. The zero-order valence-corrected chi connectivity index (χ0v) is 16.7. The lowest BCUT2D eigenvalue weighted by molar-refractivity contribution is 0.596. The second kappa shape index (κ2) is 8.56. The van der Waals surface area contributed by atoms with Crippen LogP contribution in [0.3, 0.4) is 0 Å². The van der Waals surface area contributed by atoms with E-state index in [1.165, 1.54) is 6.08 Å². The van der Waals surface area contributed by atoms with E-state index < -0.39 is 31.6 Å². The Morgan fingerprint density at radius 2 is 1.52 bits per heavy atom. The summed E-state index contributed by atoms with van der Waals surface area (Å²) < 4.78 is 61.2. The van der Waals surface area contributed by atoms with E-state index in [1.54, 1.807) is 12.1 Å². The Balaban J connectivity index is 1.95. The first-order valence-electron chi connectivity index (χ1n) is 8.35. The van der Waals surface area contributed by atoms with Gasteiger partial charge >= 0.3 is 0 Å². The second-order valence-electron chi connectivity index (χ2n) is 6.04. The normalized spacial score (nSPS) is 11.8. The predicted octanol–water partition coefficient (Wildman–Crippen LogP) is 3.14. The summed E-state index contributed by atoms with van der Waals surface area (Å²) in [5.74, 6) is -0.796. The molecule has 29 heavy (non-hydrogen) atoms. The van der Waals surface area contributed by atoms with Crippen molar-refractivity contribution in [3.8, 4) is 11.1 Å². The standard InChI is InChI=1S/C20H17FN2O4S2/c21-18-10-11-20(29(22,26)27)19(14-18)23(28(24)25)13-12-15-6-8-17(9-7-15)16-4-2-1-3-5-16/h1-14,28H,(H2,22,26,27). The molecule has 0 spiro atoms. The molecule has 2 N–H and O–H groups in total. The van der Waals surface area contributed by atoms with Gasteiger partial charge in [0.05, 0.1) is 5.69 Å². The van der Waals surface area contributed by atoms with Gasteiger partial charge in [-0.2, -0.15) is 0 Å². The minimum absolute atomic E-state index is 0.388. The van der Waals surface area contributed by atoms with Gasteiger partial charge in [-0.05, 0) is 41.0 Å². The van der Waals surface area contributed by atoms with E-state index in [9.17, 15) is 21.2 Å². The molecule has 9 heteroatoms. The molecule has 0 heterocycles. The topological polar surface area (TPSA) is 97.5 Å². The van der Waals surface area contributed by atoms with Gasteiger partial charge in [0.2, 0.25) is 20.9 Å². The number of thiol groups is 1. The molecule has 0 aliphatic rings. The molecule has 0 atom stereocenters. The fourth-order valence-corrected chi connectivity index (χ4v) is 4.00. The van der Waals surface area contributed by atoms with Gasteiger partial charge in [0.15, 0.2) is 0 Å². The van der Waals surface area contributed by atoms with Crippen LogP contribution in [-0.4, -0.2) is 16.8 Å². The van der Waals surface area contributed by atoms with Crippen LogP contribution in [0.2, 0.25) is 0 Å². The first-order valence-corrected chi connectivity index (χ1v) is 11.0. The van der Waals surface area contributed by atoms with Crippen molar-refractivity contribution in [1.82, 2.24) is 0 Å². The molecule has 0 aliphatic carbocycles. The first-order chi connectivity index (χ1) is 13.8. The van der Waals surface area contributed by atoms with Gasteiger partial charge in [-0.25, -0.2) is 30.7 Å². The Morgan fingerprint density at radius 3 is 2.10 bits per heavy atom. The zero-order valence-electron chi connectivity index (χ0n) is 15.0. The van der Waals surface area contributed by atoms with Crippen LogP contribution in [0.4, 0.5) is 10.1 Å². The maximum atomic E-state index is 13.6. The molecule has 0 aromatic heterocycles. The van der Waals surface area contributed by atoms with Crippen LogP contribution >= 0.6 is 0 Å². The van der Waals surface area contributed by atoms with Crippen LogP contribution in [0.1, 0.15) is 5.56 Å². The van der Waals surface area contributed by atoms with Crippen LogP contribution in [0, 0.1) is 5.82 Å². The SMILES string of the molecule is NS(=O)(=O)c1ccc(F)cc1N(C=Cc1ccc(-c2ccccc2)cc1)[SH](=O)=O. The van der Waals surface area contributed by atoms with E-state index in [2.05, 4.69) is 0 Å². The van der Waals surface area contributed by atoms with E-state index in [1.807, 2.05) is 42.5 Å². The lowest BCUT2D eigenvalue weighted by Crippen LogP contribution is -2.20. The van der Waals surface area contributed by atoms with Crippen LogP contribution < -0.4 is 9.44 Å². The van der Waals surface area contributed by atoms with Gasteiger partial charge in [-0.15, -0.1) is 0 Å². The molecule has 3 aromatic carbocycles. The molecule has 0 saturated heterocycles. The minimum Gasteiger partial charge on any atom is -0.246 e. The summed E-state index contributed by atoms with van der Waals surface area (Å²) in [6.07, 6.45) is 2.62. The summed E-state index contributed by atoms with van der Waals surface area (Å²) in [5.41, 5.74) is 2.29. The lowest BCUT2D eigenvalue weighted by atomic mass is 10.0. The molecule has 3 rings (SSSR count). The van der Waals surface area contributed by atoms with Crippen LogP contribution in [0.5, 0.6) is 0 Å². The van der Waals surface area contributed by atoms with E-state index in [4.69, 9.17) is 5.14 Å². The van der Waals surface area contributed by atoms with Crippen molar-refractivity contribution in [2.45, 2.75) is 4.90 Å². The zero-order chi connectivity index (χ0) is 21.0. The fraction of sp³-hybridized carbons (Fsp3) is 0. The molecular weight excluding hydrogens is 415 g/mol. The molecule has 0 bridgehead atoms. The third-order valence-corrected chi connectivity index (χ3v) is 5.74. The summed E-state index contributed by atoms with van der Waals surface area (Å²) >= 11 is 0. The Kier molecular flexibility index (Phi) is 6.12. The Labute approximate surface area is 169 Å². The quantitative estimate of drug-likeness (QED) is 0.585. The first kappa shape index (κ1) is 20.7. The highest BCUT2D eigenvalue weighted by atomic mass is 32.2. The monoisotopic (exact) mass is 432 g/mol. The molecule has 0 aliphatic heterocycles. The minimum atomic E-state index is -4.26. The Morgan fingerprint density at radius 1 is 0.897 bits per heavy atom. The average molecular weight is 432 g/mol. The second-order valence-corrected chi connectivity index (χ2v) is 8.48. The lowest BCUT2D eigenvalue weighted by Gasteiger charge is -2.16. The van der Waals surface area contributed by atoms with E-state index in [0.717, 1.165) is 35.5 Å². The van der Waals surface area contributed by atoms with Crippen LogP contribution in [0.25, 0.3) is 17.2 Å². The number of hydrogen-bond acceptors (Lipinski definition) is 4. The molecule has 0 radical (unpaired) electrons. The molecule has 6 nitrogen and oxygen atoms in total. The summed E-state index contributed by atoms with van der Waals surface area (Å²) in [7, 11) is -7.55. The maximum absolute atomic E-state index is 13.6. The summed E-state index contributed by atoms with van der Waals surface area (Å²) in [6.45, 7) is 0. The number of hydrogen-bond donors (Lipinski definition) is 2. The van der Waals surface area contributed by atoms with Gasteiger partial charge in [0.25, 0.3) is 0 Å². The smallest absolute Gasteiger partial charge is 0.240 e. The maximum Gasteiger partial charge on any atom is 0.240 e. The number of primary sulfonamides is 1. The predicted molar refractivity (Wildman–Crippen MR) is 111 cm³/mol. The van der Waals surface area contributed by atoms with Gasteiger partial charge in [-0.3, -0.25) is 0 Å². The number of halogens is 1.